The predicted molar refractivity (Wildman–Crippen MR) is 66.4 cm³/mol. The van der Waals surface area contributed by atoms with E-state index in [-0.39, 0.29) is 23.8 Å². The number of hydrogen-bond donors (Lipinski definition) is 2. The van der Waals surface area contributed by atoms with Crippen LogP contribution in [0.15, 0.2) is 12.1 Å². The lowest BCUT2D eigenvalue weighted by molar-refractivity contribution is -0.386. The molecule has 0 fully saturated rings. The van der Waals surface area contributed by atoms with Crippen molar-refractivity contribution >= 4 is 11.4 Å². The van der Waals surface area contributed by atoms with Crippen molar-refractivity contribution in [2.45, 2.75) is 6.42 Å². The summed E-state index contributed by atoms with van der Waals surface area (Å²) in [6.45, 7) is 0.634. The van der Waals surface area contributed by atoms with E-state index in [0.29, 0.717) is 18.7 Å². The molecule has 0 amide bonds. The summed E-state index contributed by atoms with van der Waals surface area (Å²) in [4.78, 5) is 10.4. The molecule has 100 valence electrons. The normalized spacial score (nSPS) is 9.94. The standard InChI is InChI=1S/C11H16N2O5/c1-17-9-6-8(12-4-3-5-14)7-10(18-2)11(9)13(15)16/h6-7,12,14H,3-5H2,1-2H3. The zero-order valence-electron chi connectivity index (χ0n) is 10.3. The number of hydrogen-bond acceptors (Lipinski definition) is 6. The Morgan fingerprint density at radius 3 is 2.28 bits per heavy atom. The first-order chi connectivity index (χ1) is 8.63. The van der Waals surface area contributed by atoms with E-state index in [9.17, 15) is 10.1 Å². The van der Waals surface area contributed by atoms with Crippen LogP contribution >= 0.6 is 0 Å². The van der Waals surface area contributed by atoms with Crippen molar-refractivity contribution in [2.24, 2.45) is 0 Å². The van der Waals surface area contributed by atoms with E-state index in [1.54, 1.807) is 0 Å². The number of aliphatic hydroxyl groups is 1. The maximum Gasteiger partial charge on any atom is 0.352 e. The van der Waals surface area contributed by atoms with Gasteiger partial charge in [-0.3, -0.25) is 10.1 Å². The van der Waals surface area contributed by atoms with Gasteiger partial charge >= 0.3 is 5.69 Å². The molecule has 0 bridgehead atoms. The Hall–Kier alpha value is -2.02. The summed E-state index contributed by atoms with van der Waals surface area (Å²) < 4.78 is 9.97. The molecule has 1 aromatic carbocycles. The number of benzene rings is 1. The van der Waals surface area contributed by atoms with E-state index in [1.807, 2.05) is 0 Å². The number of methoxy groups -OCH3 is 2. The minimum absolute atomic E-state index is 0.0776. The van der Waals surface area contributed by atoms with Gasteiger partial charge in [0, 0.05) is 31.0 Å². The van der Waals surface area contributed by atoms with Crippen LogP contribution in [-0.2, 0) is 0 Å². The number of nitro groups is 1. The van der Waals surface area contributed by atoms with Gasteiger partial charge < -0.3 is 19.9 Å². The number of ether oxygens (including phenoxy) is 2. The molecule has 1 aromatic rings. The van der Waals surface area contributed by atoms with Crippen LogP contribution < -0.4 is 14.8 Å². The molecular formula is C11H16N2O5. The van der Waals surface area contributed by atoms with Crippen molar-refractivity contribution in [1.82, 2.24) is 0 Å². The highest BCUT2D eigenvalue weighted by molar-refractivity contribution is 5.66. The van der Waals surface area contributed by atoms with Crippen molar-refractivity contribution in [3.8, 4) is 11.5 Å². The molecule has 2 N–H and O–H groups in total. The highest BCUT2D eigenvalue weighted by Crippen LogP contribution is 2.39. The zero-order valence-corrected chi connectivity index (χ0v) is 10.3. The summed E-state index contributed by atoms with van der Waals surface area (Å²) in [5.74, 6) is 0.261. The van der Waals surface area contributed by atoms with Crippen LogP contribution in [0.5, 0.6) is 11.5 Å². The first kappa shape index (κ1) is 14.0. The second-order valence-corrected chi connectivity index (χ2v) is 3.49. The molecule has 0 aromatic heterocycles. The van der Waals surface area contributed by atoms with Crippen molar-refractivity contribution < 1.29 is 19.5 Å². The Labute approximate surface area is 104 Å². The van der Waals surface area contributed by atoms with Crippen LogP contribution in [-0.4, -0.2) is 37.4 Å². The summed E-state index contributed by atoms with van der Waals surface area (Å²) >= 11 is 0. The average molecular weight is 256 g/mol. The fourth-order valence-corrected chi connectivity index (χ4v) is 1.49. The molecule has 0 unspecified atom stereocenters. The van der Waals surface area contributed by atoms with Crippen molar-refractivity contribution in [1.29, 1.82) is 0 Å². The summed E-state index contributed by atoms with van der Waals surface area (Å²) in [6, 6.07) is 3.05. The van der Waals surface area contributed by atoms with Crippen LogP contribution in [0.25, 0.3) is 0 Å². The molecule has 0 heterocycles. The Kier molecular flexibility index (Phi) is 5.19. The summed E-state index contributed by atoms with van der Waals surface area (Å²) in [6.07, 6.45) is 0.585. The quantitative estimate of drug-likeness (QED) is 0.435. The molecule has 18 heavy (non-hydrogen) atoms. The van der Waals surface area contributed by atoms with Crippen LogP contribution in [0.1, 0.15) is 6.42 Å². The van der Waals surface area contributed by atoms with Crippen LogP contribution in [0.3, 0.4) is 0 Å². The lowest BCUT2D eigenvalue weighted by atomic mass is 10.2. The zero-order chi connectivity index (χ0) is 13.5. The van der Waals surface area contributed by atoms with Gasteiger partial charge in [0.15, 0.2) is 0 Å². The monoisotopic (exact) mass is 256 g/mol. The summed E-state index contributed by atoms with van der Waals surface area (Å²) in [5.41, 5.74) is 0.440. The average Bonchev–Trinajstić information content (AvgIpc) is 2.37. The molecular weight excluding hydrogens is 240 g/mol. The smallest absolute Gasteiger partial charge is 0.352 e. The van der Waals surface area contributed by atoms with Crippen LogP contribution in [0.2, 0.25) is 0 Å². The molecule has 1 rings (SSSR count). The molecule has 0 saturated heterocycles. The van der Waals surface area contributed by atoms with Gasteiger partial charge in [0.2, 0.25) is 11.5 Å². The van der Waals surface area contributed by atoms with Gasteiger partial charge in [-0.25, -0.2) is 0 Å². The van der Waals surface area contributed by atoms with Gasteiger partial charge in [0.25, 0.3) is 0 Å². The third kappa shape index (κ3) is 3.24. The summed E-state index contributed by atoms with van der Waals surface area (Å²) in [7, 11) is 2.72. The first-order valence-corrected chi connectivity index (χ1v) is 5.39. The Morgan fingerprint density at radius 1 is 1.33 bits per heavy atom. The van der Waals surface area contributed by atoms with Gasteiger partial charge in [-0.1, -0.05) is 0 Å². The van der Waals surface area contributed by atoms with E-state index in [1.165, 1.54) is 26.4 Å². The Bertz CT molecular complexity index is 397. The minimum atomic E-state index is -0.546. The Morgan fingerprint density at radius 2 is 1.89 bits per heavy atom. The maximum atomic E-state index is 10.9. The second-order valence-electron chi connectivity index (χ2n) is 3.49. The molecule has 0 atom stereocenters. The molecule has 0 spiro atoms. The highest BCUT2D eigenvalue weighted by Gasteiger charge is 2.23. The van der Waals surface area contributed by atoms with Gasteiger partial charge in [-0.15, -0.1) is 0 Å². The van der Waals surface area contributed by atoms with E-state index >= 15 is 0 Å². The third-order valence-corrected chi connectivity index (χ3v) is 2.33. The minimum Gasteiger partial charge on any atom is -0.490 e. The lowest BCUT2D eigenvalue weighted by Gasteiger charge is -2.11. The van der Waals surface area contributed by atoms with Gasteiger partial charge in [0.05, 0.1) is 19.1 Å². The Balaban J connectivity index is 3.06. The van der Waals surface area contributed by atoms with Crippen molar-refractivity contribution in [2.75, 3.05) is 32.7 Å². The number of nitrogens with one attached hydrogen (secondary N) is 1. The number of rotatable bonds is 7. The van der Waals surface area contributed by atoms with Crippen molar-refractivity contribution in [3.63, 3.8) is 0 Å². The number of aliphatic hydroxyl groups excluding tert-OH is 1. The first-order valence-electron chi connectivity index (χ1n) is 5.39. The topological polar surface area (TPSA) is 93.9 Å². The van der Waals surface area contributed by atoms with E-state index in [4.69, 9.17) is 14.6 Å². The highest BCUT2D eigenvalue weighted by atomic mass is 16.6. The van der Waals surface area contributed by atoms with Crippen LogP contribution in [0, 0.1) is 10.1 Å². The SMILES string of the molecule is COc1cc(NCCCO)cc(OC)c1[N+](=O)[O-]. The molecule has 0 radical (unpaired) electrons. The molecule has 0 aliphatic heterocycles. The maximum absolute atomic E-state index is 10.9. The van der Waals surface area contributed by atoms with E-state index in [2.05, 4.69) is 5.32 Å². The number of nitrogens with zero attached hydrogens (tertiary/aromatic N) is 1. The predicted octanol–water partition coefficient (Wildman–Crippen LogP) is 1.41. The van der Waals surface area contributed by atoms with Gasteiger partial charge in [-0.2, -0.15) is 0 Å². The van der Waals surface area contributed by atoms with Gasteiger partial charge in [-0.05, 0) is 6.42 Å². The van der Waals surface area contributed by atoms with Gasteiger partial charge in [0.1, 0.15) is 0 Å². The summed E-state index contributed by atoms with van der Waals surface area (Å²) in [5, 5.41) is 22.6. The molecule has 7 heteroatoms. The fraction of sp³-hybridized carbons (Fsp3) is 0.455. The number of nitro benzene ring substituents is 1. The second kappa shape index (κ2) is 6.65. The third-order valence-electron chi connectivity index (χ3n) is 2.33. The van der Waals surface area contributed by atoms with Crippen LogP contribution in [0.4, 0.5) is 11.4 Å². The van der Waals surface area contributed by atoms with E-state index in [0.717, 1.165) is 0 Å². The molecule has 7 nitrogen and oxygen atoms in total. The van der Waals surface area contributed by atoms with Crippen molar-refractivity contribution in [3.05, 3.63) is 22.2 Å². The largest absolute Gasteiger partial charge is 0.490 e. The molecule has 0 aliphatic carbocycles. The van der Waals surface area contributed by atoms with E-state index < -0.39 is 4.92 Å². The molecule has 0 saturated carbocycles. The molecule has 0 aliphatic rings. The number of anilines is 1. The fourth-order valence-electron chi connectivity index (χ4n) is 1.49. The lowest BCUT2D eigenvalue weighted by Crippen LogP contribution is -2.05.